The van der Waals surface area contributed by atoms with E-state index in [4.69, 9.17) is 16.3 Å². The van der Waals surface area contributed by atoms with Crippen LogP contribution in [0.4, 0.5) is 4.39 Å². The second kappa shape index (κ2) is 6.65. The van der Waals surface area contributed by atoms with Gasteiger partial charge in [0.1, 0.15) is 11.9 Å². The quantitative estimate of drug-likeness (QED) is 0.320. The van der Waals surface area contributed by atoms with Crippen LogP contribution in [-0.2, 0) is 0 Å². The Bertz CT molecular complexity index is 668. The lowest BCUT2D eigenvalue weighted by atomic mass is 10.1. The fraction of sp³-hybridized carbons (Fsp3) is 0.455. The zero-order valence-corrected chi connectivity index (χ0v) is 13.9. The molecule has 0 spiro atoms. The first-order valence-corrected chi connectivity index (χ1v) is 7.41. The molecule has 0 bridgehead atoms. The van der Waals surface area contributed by atoms with Gasteiger partial charge in [0.25, 0.3) is 0 Å². The smallest absolute Gasteiger partial charge is 0.321 e. The van der Waals surface area contributed by atoms with Crippen molar-refractivity contribution in [3.8, 4) is 6.01 Å². The number of halogens is 3. The summed E-state index contributed by atoms with van der Waals surface area (Å²) < 4.78 is 18.7. The molecule has 1 unspecified atom stereocenters. The average molecular weight is 433 g/mol. The number of aromatic nitrogens is 3. The van der Waals surface area contributed by atoms with Crippen LogP contribution in [0, 0.1) is 0 Å². The van der Waals surface area contributed by atoms with E-state index in [9.17, 15) is 35.0 Å². The number of allylic oxidation sites excluding steroid dienone is 4. The van der Waals surface area contributed by atoms with Gasteiger partial charge in [-0.05, 0) is 28.1 Å². The summed E-state index contributed by atoms with van der Waals surface area (Å²) in [4.78, 5) is 3.66. The molecular formula is C11H12BrClFN3O7. The topological polar surface area (TPSA) is 161 Å². The molecule has 1 atom stereocenters. The second-order valence-corrected chi connectivity index (χ2v) is 6.02. The molecule has 0 amide bonds. The predicted octanol–water partition coefficient (Wildman–Crippen LogP) is -1.03. The van der Waals surface area contributed by atoms with E-state index in [0.29, 0.717) is 0 Å². The Hall–Kier alpha value is -1.12. The van der Waals surface area contributed by atoms with Gasteiger partial charge in [0.05, 0.1) is 0 Å². The van der Waals surface area contributed by atoms with Crippen molar-refractivity contribution in [2.45, 2.75) is 30.6 Å². The molecule has 1 heterocycles. The van der Waals surface area contributed by atoms with Crippen LogP contribution in [0.3, 0.4) is 0 Å². The number of hydrogen-bond acceptors (Lipinski definition) is 9. The van der Waals surface area contributed by atoms with E-state index in [-0.39, 0.29) is 26.6 Å². The number of hydrogen-bond donors (Lipinski definition) is 6. The minimum absolute atomic E-state index is 0.0343. The molecular weight excluding hydrogens is 420 g/mol. The van der Waals surface area contributed by atoms with E-state index in [0.717, 1.165) is 6.08 Å². The van der Waals surface area contributed by atoms with E-state index in [1.54, 1.807) is 0 Å². The number of ether oxygens (including phenoxy) is 1. The molecule has 0 saturated carbocycles. The number of rotatable bonds is 5. The van der Waals surface area contributed by atoms with Crippen LogP contribution in [-0.4, -0.2) is 63.5 Å². The Morgan fingerprint density at radius 1 is 1.29 bits per heavy atom. The van der Waals surface area contributed by atoms with Crippen molar-refractivity contribution in [3.63, 3.8) is 0 Å². The molecule has 0 radical (unpaired) electrons. The van der Waals surface area contributed by atoms with Crippen LogP contribution in [0.25, 0.3) is 0 Å². The van der Waals surface area contributed by atoms with E-state index < -0.39 is 30.2 Å². The standard InChI is InChI=1S/C11H12BrClFN3O7/c12-8-15-9(24-6-2-4(13)1-5(14)3-6)17(16-8)7(10(18,19)20)11(21,22)23/h1-2,5,7,18-23H,3H2. The summed E-state index contributed by atoms with van der Waals surface area (Å²) >= 11 is 8.53. The van der Waals surface area contributed by atoms with Crippen LogP contribution < -0.4 is 4.74 Å². The molecule has 1 aromatic heterocycles. The Morgan fingerprint density at radius 3 is 2.38 bits per heavy atom. The van der Waals surface area contributed by atoms with Crippen molar-refractivity contribution >= 4 is 27.5 Å². The molecule has 10 nitrogen and oxygen atoms in total. The first kappa shape index (κ1) is 19.2. The summed E-state index contributed by atoms with van der Waals surface area (Å²) in [7, 11) is 0. The lowest BCUT2D eigenvalue weighted by molar-refractivity contribution is -0.432. The number of aliphatic hydroxyl groups is 6. The average Bonchev–Trinajstić information content (AvgIpc) is 2.64. The normalized spacial score (nSPS) is 19.3. The second-order valence-electron chi connectivity index (χ2n) is 4.87. The molecule has 1 aliphatic rings. The van der Waals surface area contributed by atoms with Gasteiger partial charge in [-0.3, -0.25) is 0 Å². The molecule has 0 aliphatic heterocycles. The van der Waals surface area contributed by atoms with Gasteiger partial charge in [-0.15, -0.1) is 5.10 Å². The van der Waals surface area contributed by atoms with Gasteiger partial charge in [0, 0.05) is 11.5 Å². The monoisotopic (exact) mass is 431 g/mol. The van der Waals surface area contributed by atoms with Crippen LogP contribution in [0.2, 0.25) is 0 Å². The molecule has 2 rings (SSSR count). The highest BCUT2D eigenvalue weighted by molar-refractivity contribution is 9.10. The highest BCUT2D eigenvalue weighted by Gasteiger charge is 2.51. The van der Waals surface area contributed by atoms with Crippen LogP contribution in [0.15, 0.2) is 27.7 Å². The summed E-state index contributed by atoms with van der Waals surface area (Å²) in [5, 5.41) is 59.1. The van der Waals surface area contributed by atoms with Gasteiger partial charge < -0.3 is 35.4 Å². The van der Waals surface area contributed by atoms with E-state index in [2.05, 4.69) is 26.0 Å². The molecule has 134 valence electrons. The molecule has 1 aliphatic carbocycles. The zero-order valence-electron chi connectivity index (χ0n) is 11.6. The maximum atomic E-state index is 13.5. The summed E-state index contributed by atoms with van der Waals surface area (Å²) in [6.07, 6.45) is 0.677. The first-order valence-electron chi connectivity index (χ1n) is 6.24. The number of alkyl halides is 1. The van der Waals surface area contributed by atoms with Crippen molar-refractivity contribution in [1.82, 2.24) is 14.8 Å². The highest BCUT2D eigenvalue weighted by atomic mass is 79.9. The summed E-state index contributed by atoms with van der Waals surface area (Å²) in [6.45, 7) is 0. The molecule has 24 heavy (non-hydrogen) atoms. The third kappa shape index (κ3) is 4.49. The van der Waals surface area contributed by atoms with Gasteiger partial charge in [-0.2, -0.15) is 9.67 Å². The summed E-state index contributed by atoms with van der Waals surface area (Å²) in [5.74, 6) is -7.70. The molecule has 6 N–H and O–H groups in total. The Kier molecular flexibility index (Phi) is 5.32. The van der Waals surface area contributed by atoms with Crippen LogP contribution in [0.5, 0.6) is 6.01 Å². The lowest BCUT2D eigenvalue weighted by Crippen LogP contribution is -2.53. The van der Waals surface area contributed by atoms with Gasteiger partial charge >= 0.3 is 18.0 Å². The zero-order chi connectivity index (χ0) is 18.3. The van der Waals surface area contributed by atoms with E-state index in [1.165, 1.54) is 6.08 Å². The van der Waals surface area contributed by atoms with Gasteiger partial charge in [-0.25, -0.2) is 4.39 Å². The third-order valence-electron chi connectivity index (χ3n) is 2.81. The van der Waals surface area contributed by atoms with E-state index in [1.807, 2.05) is 0 Å². The van der Waals surface area contributed by atoms with Gasteiger partial charge in [-0.1, -0.05) is 11.6 Å². The van der Waals surface area contributed by atoms with E-state index >= 15 is 0 Å². The molecule has 0 saturated heterocycles. The highest BCUT2D eigenvalue weighted by Crippen LogP contribution is 2.33. The van der Waals surface area contributed by atoms with Gasteiger partial charge in [0.2, 0.25) is 10.8 Å². The fourth-order valence-electron chi connectivity index (χ4n) is 1.98. The number of nitrogens with zero attached hydrogens (tertiary/aromatic N) is 3. The maximum Gasteiger partial charge on any atom is 0.321 e. The van der Waals surface area contributed by atoms with Crippen molar-refractivity contribution < 1.29 is 39.8 Å². The third-order valence-corrected chi connectivity index (χ3v) is 3.38. The minimum Gasteiger partial charge on any atom is -0.429 e. The Balaban J connectivity index is 2.42. The summed E-state index contributed by atoms with van der Waals surface area (Å²) in [6, 6.07) is -3.27. The SMILES string of the molecule is OC(O)(O)C(n1nc(Br)nc1OC1=CC(Cl)=CC(F)C1)C(O)(O)O. The summed E-state index contributed by atoms with van der Waals surface area (Å²) in [5.41, 5.74) is 0. The minimum atomic E-state index is -3.83. The van der Waals surface area contributed by atoms with Crippen LogP contribution in [0.1, 0.15) is 12.5 Å². The predicted molar refractivity (Wildman–Crippen MR) is 77.7 cm³/mol. The fourth-order valence-corrected chi connectivity index (χ4v) is 2.56. The van der Waals surface area contributed by atoms with Crippen LogP contribution >= 0.6 is 27.5 Å². The largest absolute Gasteiger partial charge is 0.429 e. The van der Waals surface area contributed by atoms with Gasteiger partial charge in [0.15, 0.2) is 0 Å². The molecule has 0 aromatic carbocycles. The van der Waals surface area contributed by atoms with Crippen molar-refractivity contribution in [2.75, 3.05) is 0 Å². The van der Waals surface area contributed by atoms with Crippen molar-refractivity contribution in [3.05, 3.63) is 27.7 Å². The lowest BCUT2D eigenvalue weighted by Gasteiger charge is -2.32. The first-order chi connectivity index (χ1) is 10.9. The molecule has 0 fully saturated rings. The Labute approximate surface area is 146 Å². The maximum absolute atomic E-state index is 13.5. The van der Waals surface area contributed by atoms with Crippen molar-refractivity contribution in [2.24, 2.45) is 0 Å². The molecule has 13 heteroatoms. The van der Waals surface area contributed by atoms with Crippen molar-refractivity contribution in [1.29, 1.82) is 0 Å². The molecule has 1 aromatic rings. The Morgan fingerprint density at radius 2 is 1.88 bits per heavy atom.